The van der Waals surface area contributed by atoms with E-state index in [0.29, 0.717) is 22.3 Å². The van der Waals surface area contributed by atoms with Crippen LogP contribution in [0, 0.1) is 0 Å². The zero-order chi connectivity index (χ0) is 13.2. The van der Waals surface area contributed by atoms with Crippen LogP contribution in [0.1, 0.15) is 36.7 Å². The van der Waals surface area contributed by atoms with Crippen LogP contribution in [0.15, 0.2) is 16.6 Å². The zero-order valence-corrected chi connectivity index (χ0v) is 11.9. The van der Waals surface area contributed by atoms with Gasteiger partial charge >= 0.3 is 0 Å². The second-order valence-corrected chi connectivity index (χ2v) is 5.85. The summed E-state index contributed by atoms with van der Waals surface area (Å²) >= 11 is 3.33. The smallest absolute Gasteiger partial charge is 0.248 e. The van der Waals surface area contributed by atoms with Crippen LogP contribution < -0.4 is 16.8 Å². The molecule has 0 heterocycles. The van der Waals surface area contributed by atoms with Gasteiger partial charge in [-0.05, 0) is 54.4 Å². The van der Waals surface area contributed by atoms with Crippen LogP contribution in [-0.2, 0) is 6.54 Å². The standard InChI is InChI=1S/C12H18BrN3O/c1-12(2,3)16-6-8-4-7(11(15)17)5-9(13)10(8)14/h4-5,16H,6,14H2,1-3H3,(H2,15,17). The van der Waals surface area contributed by atoms with Gasteiger partial charge in [0.05, 0.1) is 5.69 Å². The number of halogens is 1. The molecule has 0 aliphatic carbocycles. The average molecular weight is 300 g/mol. The number of hydrogen-bond donors (Lipinski definition) is 3. The molecule has 1 aromatic rings. The molecule has 1 rings (SSSR count). The number of hydrogen-bond acceptors (Lipinski definition) is 3. The Hall–Kier alpha value is -1.07. The van der Waals surface area contributed by atoms with Crippen molar-refractivity contribution in [3.63, 3.8) is 0 Å². The van der Waals surface area contributed by atoms with Crippen molar-refractivity contribution in [3.05, 3.63) is 27.7 Å². The minimum atomic E-state index is -0.456. The monoisotopic (exact) mass is 299 g/mol. The quantitative estimate of drug-likeness (QED) is 0.747. The molecule has 5 N–H and O–H groups in total. The molecule has 17 heavy (non-hydrogen) atoms. The SMILES string of the molecule is CC(C)(C)NCc1cc(C(N)=O)cc(Br)c1N. The number of benzene rings is 1. The summed E-state index contributed by atoms with van der Waals surface area (Å²) < 4.78 is 0.694. The fourth-order valence-electron chi connectivity index (χ4n) is 1.32. The van der Waals surface area contributed by atoms with Gasteiger partial charge in [0.25, 0.3) is 0 Å². The van der Waals surface area contributed by atoms with Gasteiger partial charge in [-0.25, -0.2) is 0 Å². The lowest BCUT2D eigenvalue weighted by Crippen LogP contribution is -2.35. The first kappa shape index (κ1) is 14.0. The lowest BCUT2D eigenvalue weighted by atomic mass is 10.1. The molecule has 94 valence electrons. The molecule has 0 aliphatic rings. The number of primary amides is 1. The molecule has 0 aliphatic heterocycles. The molecule has 0 aromatic heterocycles. The Morgan fingerprint density at radius 1 is 1.41 bits per heavy atom. The number of nitrogens with one attached hydrogen (secondary N) is 1. The van der Waals surface area contributed by atoms with Crippen molar-refractivity contribution in [2.24, 2.45) is 5.73 Å². The number of carbonyl (C=O) groups excluding carboxylic acids is 1. The minimum Gasteiger partial charge on any atom is -0.398 e. The Bertz CT molecular complexity index is 438. The third-order valence-corrected chi connectivity index (χ3v) is 2.96. The molecule has 0 fully saturated rings. The molecule has 0 radical (unpaired) electrons. The Kier molecular flexibility index (Phi) is 4.16. The topological polar surface area (TPSA) is 81.1 Å². The summed E-state index contributed by atoms with van der Waals surface area (Å²) in [7, 11) is 0. The Morgan fingerprint density at radius 3 is 2.47 bits per heavy atom. The lowest BCUT2D eigenvalue weighted by Gasteiger charge is -2.21. The predicted molar refractivity (Wildman–Crippen MR) is 73.7 cm³/mol. The summed E-state index contributed by atoms with van der Waals surface area (Å²) in [4.78, 5) is 11.2. The van der Waals surface area contributed by atoms with E-state index in [1.54, 1.807) is 12.1 Å². The maximum absolute atomic E-state index is 11.2. The highest BCUT2D eigenvalue weighted by Crippen LogP contribution is 2.25. The van der Waals surface area contributed by atoms with Gasteiger partial charge in [0.1, 0.15) is 0 Å². The Morgan fingerprint density at radius 2 is 2.00 bits per heavy atom. The van der Waals surface area contributed by atoms with Gasteiger partial charge in [-0.2, -0.15) is 0 Å². The number of rotatable bonds is 3. The van der Waals surface area contributed by atoms with Crippen LogP contribution in [-0.4, -0.2) is 11.4 Å². The van der Waals surface area contributed by atoms with Crippen molar-refractivity contribution >= 4 is 27.5 Å². The summed E-state index contributed by atoms with van der Waals surface area (Å²) in [6.45, 7) is 6.79. The van der Waals surface area contributed by atoms with E-state index in [-0.39, 0.29) is 5.54 Å². The van der Waals surface area contributed by atoms with Crippen LogP contribution in [0.25, 0.3) is 0 Å². The third kappa shape index (κ3) is 4.02. The normalized spacial score (nSPS) is 11.5. The summed E-state index contributed by atoms with van der Waals surface area (Å²) in [5.41, 5.74) is 13.1. The molecular formula is C12H18BrN3O. The summed E-state index contributed by atoms with van der Waals surface area (Å²) in [5.74, 6) is -0.456. The van der Waals surface area contributed by atoms with Crippen molar-refractivity contribution in [2.75, 3.05) is 5.73 Å². The van der Waals surface area contributed by atoms with Crippen LogP contribution in [0.5, 0.6) is 0 Å². The molecule has 1 amide bonds. The van der Waals surface area contributed by atoms with E-state index in [2.05, 4.69) is 42.0 Å². The van der Waals surface area contributed by atoms with Crippen molar-refractivity contribution in [1.29, 1.82) is 0 Å². The Labute approximate surface area is 110 Å². The van der Waals surface area contributed by atoms with Gasteiger partial charge < -0.3 is 16.8 Å². The highest BCUT2D eigenvalue weighted by molar-refractivity contribution is 9.10. The fourth-order valence-corrected chi connectivity index (χ4v) is 1.82. The Balaban J connectivity index is 3.02. The minimum absolute atomic E-state index is 0.0123. The van der Waals surface area contributed by atoms with Crippen LogP contribution in [0.2, 0.25) is 0 Å². The van der Waals surface area contributed by atoms with Gasteiger partial charge in [-0.3, -0.25) is 4.79 Å². The van der Waals surface area contributed by atoms with Crippen molar-refractivity contribution in [2.45, 2.75) is 32.9 Å². The molecule has 5 heteroatoms. The average Bonchev–Trinajstić information content (AvgIpc) is 2.18. The van der Waals surface area contributed by atoms with Crippen LogP contribution >= 0.6 is 15.9 Å². The molecule has 0 spiro atoms. The van der Waals surface area contributed by atoms with E-state index in [1.807, 2.05) is 0 Å². The molecule has 1 aromatic carbocycles. The molecular weight excluding hydrogens is 282 g/mol. The van der Waals surface area contributed by atoms with Gasteiger partial charge in [0.15, 0.2) is 0 Å². The van der Waals surface area contributed by atoms with E-state index in [4.69, 9.17) is 11.5 Å². The molecule has 0 unspecified atom stereocenters. The van der Waals surface area contributed by atoms with E-state index in [1.165, 1.54) is 0 Å². The number of nitrogens with two attached hydrogens (primary N) is 2. The van der Waals surface area contributed by atoms with Crippen molar-refractivity contribution in [3.8, 4) is 0 Å². The fraction of sp³-hybridized carbons (Fsp3) is 0.417. The summed E-state index contributed by atoms with van der Waals surface area (Å²) in [6, 6.07) is 3.36. The van der Waals surface area contributed by atoms with Crippen LogP contribution in [0.4, 0.5) is 5.69 Å². The molecule has 0 atom stereocenters. The van der Waals surface area contributed by atoms with E-state index < -0.39 is 5.91 Å². The van der Waals surface area contributed by atoms with E-state index in [9.17, 15) is 4.79 Å². The first-order chi connectivity index (χ1) is 7.70. The number of amides is 1. The van der Waals surface area contributed by atoms with Gasteiger partial charge in [-0.15, -0.1) is 0 Å². The number of anilines is 1. The lowest BCUT2D eigenvalue weighted by molar-refractivity contribution is 0.1000. The third-order valence-electron chi connectivity index (χ3n) is 2.31. The second-order valence-electron chi connectivity index (χ2n) is 5.00. The molecule has 4 nitrogen and oxygen atoms in total. The van der Waals surface area contributed by atoms with Gasteiger partial charge in [0.2, 0.25) is 5.91 Å². The van der Waals surface area contributed by atoms with Crippen LogP contribution in [0.3, 0.4) is 0 Å². The molecule has 0 saturated carbocycles. The van der Waals surface area contributed by atoms with Gasteiger partial charge in [-0.1, -0.05) is 0 Å². The summed E-state index contributed by atoms with van der Waals surface area (Å²) in [6.07, 6.45) is 0. The predicted octanol–water partition coefficient (Wildman–Crippen LogP) is 2.02. The number of carbonyl (C=O) groups is 1. The molecule has 0 bridgehead atoms. The maximum Gasteiger partial charge on any atom is 0.248 e. The zero-order valence-electron chi connectivity index (χ0n) is 10.3. The first-order valence-electron chi connectivity index (χ1n) is 5.33. The highest BCUT2D eigenvalue weighted by Gasteiger charge is 2.13. The van der Waals surface area contributed by atoms with E-state index in [0.717, 1.165) is 5.56 Å². The van der Waals surface area contributed by atoms with Crippen molar-refractivity contribution in [1.82, 2.24) is 5.32 Å². The maximum atomic E-state index is 11.2. The molecule has 0 saturated heterocycles. The highest BCUT2D eigenvalue weighted by atomic mass is 79.9. The van der Waals surface area contributed by atoms with E-state index >= 15 is 0 Å². The second kappa shape index (κ2) is 5.06. The number of nitrogen functional groups attached to an aromatic ring is 1. The first-order valence-corrected chi connectivity index (χ1v) is 6.13. The van der Waals surface area contributed by atoms with Crippen molar-refractivity contribution < 1.29 is 4.79 Å². The largest absolute Gasteiger partial charge is 0.398 e. The summed E-state index contributed by atoms with van der Waals surface area (Å²) in [5, 5.41) is 3.32. The van der Waals surface area contributed by atoms with Gasteiger partial charge in [0, 0.05) is 22.1 Å².